The Morgan fingerprint density at radius 3 is 2.48 bits per heavy atom. The van der Waals surface area contributed by atoms with Crippen LogP contribution in [-0.4, -0.2) is 4.57 Å². The molecule has 3 aromatic rings. The van der Waals surface area contributed by atoms with E-state index < -0.39 is 0 Å². The van der Waals surface area contributed by atoms with Crippen molar-refractivity contribution < 1.29 is 4.39 Å². The summed E-state index contributed by atoms with van der Waals surface area (Å²) in [6.07, 6.45) is 1.86. The first kappa shape index (κ1) is 17.0. The third kappa shape index (κ3) is 3.50. The molecule has 0 aliphatic carbocycles. The predicted molar refractivity (Wildman–Crippen MR) is 100 cm³/mol. The summed E-state index contributed by atoms with van der Waals surface area (Å²) in [4.78, 5) is 0. The summed E-state index contributed by atoms with van der Waals surface area (Å²) < 4.78 is 15.2. The molecule has 0 radical (unpaired) electrons. The first-order valence-electron chi connectivity index (χ1n) is 7.82. The Kier molecular flexibility index (Phi) is 4.74. The molecule has 2 aromatic carbocycles. The molecule has 0 N–H and O–H groups in total. The van der Waals surface area contributed by atoms with Gasteiger partial charge in [-0.15, -0.1) is 0 Å². The van der Waals surface area contributed by atoms with Crippen LogP contribution in [0, 0.1) is 31.0 Å². The van der Waals surface area contributed by atoms with Crippen LogP contribution in [0.1, 0.15) is 22.5 Å². The van der Waals surface area contributed by atoms with E-state index in [1.807, 2.05) is 42.7 Å². The van der Waals surface area contributed by atoms with Crippen LogP contribution in [0.15, 0.2) is 54.6 Å². The molecule has 1 heterocycles. The molecule has 0 fully saturated rings. The molecule has 124 valence electrons. The van der Waals surface area contributed by atoms with Crippen molar-refractivity contribution in [3.8, 4) is 11.8 Å². The molecule has 25 heavy (non-hydrogen) atoms. The van der Waals surface area contributed by atoms with Crippen LogP contribution < -0.4 is 0 Å². The highest BCUT2D eigenvalue weighted by molar-refractivity contribution is 6.30. The first-order chi connectivity index (χ1) is 12.0. The number of nitrogens with zero attached hydrogens (tertiary/aromatic N) is 2. The highest BCUT2D eigenvalue weighted by atomic mass is 35.5. The third-order valence-electron chi connectivity index (χ3n) is 4.11. The van der Waals surface area contributed by atoms with E-state index >= 15 is 0 Å². The number of benzene rings is 2. The minimum atomic E-state index is -0.265. The van der Waals surface area contributed by atoms with Gasteiger partial charge in [0.25, 0.3) is 0 Å². The molecule has 3 rings (SSSR count). The van der Waals surface area contributed by atoms with Gasteiger partial charge in [0, 0.05) is 22.1 Å². The van der Waals surface area contributed by atoms with Gasteiger partial charge in [-0.05, 0) is 73.5 Å². The fourth-order valence-electron chi connectivity index (χ4n) is 2.91. The monoisotopic (exact) mass is 350 g/mol. The van der Waals surface area contributed by atoms with E-state index in [9.17, 15) is 9.65 Å². The van der Waals surface area contributed by atoms with Crippen molar-refractivity contribution in [1.82, 2.24) is 4.57 Å². The van der Waals surface area contributed by atoms with Gasteiger partial charge in [0.1, 0.15) is 5.82 Å². The average molecular weight is 351 g/mol. The Balaban J connectivity index is 2.08. The Morgan fingerprint density at radius 1 is 1.12 bits per heavy atom. The molecule has 1 aromatic heterocycles. The summed E-state index contributed by atoms with van der Waals surface area (Å²) in [6, 6.07) is 17.9. The van der Waals surface area contributed by atoms with E-state index in [0.29, 0.717) is 10.6 Å². The van der Waals surface area contributed by atoms with Crippen molar-refractivity contribution in [2.45, 2.75) is 13.8 Å². The van der Waals surface area contributed by atoms with Crippen molar-refractivity contribution >= 4 is 23.3 Å². The van der Waals surface area contributed by atoms with Gasteiger partial charge in [-0.1, -0.05) is 23.7 Å². The minimum absolute atomic E-state index is 0.265. The Bertz CT molecular complexity index is 992. The Hall–Kier alpha value is -2.83. The number of nitriles is 1. The molecule has 0 amide bonds. The van der Waals surface area contributed by atoms with Gasteiger partial charge in [-0.25, -0.2) is 4.39 Å². The topological polar surface area (TPSA) is 28.7 Å². The van der Waals surface area contributed by atoms with Crippen LogP contribution in [0.4, 0.5) is 4.39 Å². The van der Waals surface area contributed by atoms with E-state index in [4.69, 9.17) is 11.6 Å². The minimum Gasteiger partial charge on any atom is -0.318 e. The van der Waals surface area contributed by atoms with E-state index in [0.717, 1.165) is 28.2 Å². The van der Waals surface area contributed by atoms with E-state index in [1.54, 1.807) is 24.3 Å². The molecule has 4 heteroatoms. The normalized spacial score (nSPS) is 11.4. The highest BCUT2D eigenvalue weighted by Gasteiger charge is 2.11. The highest BCUT2D eigenvalue weighted by Crippen LogP contribution is 2.26. The smallest absolute Gasteiger partial charge is 0.123 e. The van der Waals surface area contributed by atoms with Crippen molar-refractivity contribution in [1.29, 1.82) is 5.26 Å². The second-order valence-corrected chi connectivity index (χ2v) is 6.25. The Morgan fingerprint density at radius 2 is 1.84 bits per heavy atom. The lowest BCUT2D eigenvalue weighted by Crippen LogP contribution is -1.99. The van der Waals surface area contributed by atoms with Gasteiger partial charge in [0.05, 0.1) is 11.6 Å². The van der Waals surface area contributed by atoms with Gasteiger partial charge in [0.2, 0.25) is 0 Å². The molecule has 0 saturated carbocycles. The maximum absolute atomic E-state index is 13.2. The Labute approximate surface area is 151 Å². The maximum atomic E-state index is 13.2. The molecule has 2 nitrogen and oxygen atoms in total. The molecule has 0 aliphatic heterocycles. The van der Waals surface area contributed by atoms with Crippen molar-refractivity contribution in [3.05, 3.63) is 88.0 Å². The summed E-state index contributed by atoms with van der Waals surface area (Å²) in [5, 5.41) is 10.1. The largest absolute Gasteiger partial charge is 0.318 e. The van der Waals surface area contributed by atoms with Gasteiger partial charge in [0.15, 0.2) is 0 Å². The molecular formula is C21H16ClFN2. The van der Waals surface area contributed by atoms with E-state index in [2.05, 4.69) is 6.07 Å². The molecule has 0 atom stereocenters. The van der Waals surface area contributed by atoms with Crippen LogP contribution >= 0.6 is 11.6 Å². The fourth-order valence-corrected chi connectivity index (χ4v) is 3.10. The number of hydrogen-bond donors (Lipinski definition) is 0. The fraction of sp³-hybridized carbons (Fsp3) is 0.0952. The number of halogens is 2. The molecule has 0 aliphatic rings. The van der Waals surface area contributed by atoms with Crippen LogP contribution in [0.2, 0.25) is 5.02 Å². The number of aromatic nitrogens is 1. The summed E-state index contributed by atoms with van der Waals surface area (Å²) in [5.74, 6) is -0.265. The number of hydrogen-bond acceptors (Lipinski definition) is 1. The lowest BCUT2D eigenvalue weighted by molar-refractivity contribution is 0.627. The number of rotatable bonds is 3. The summed E-state index contributed by atoms with van der Waals surface area (Å²) in [7, 11) is 0. The summed E-state index contributed by atoms with van der Waals surface area (Å²) >= 11 is 6.03. The van der Waals surface area contributed by atoms with E-state index in [1.165, 1.54) is 12.1 Å². The molecule has 0 bridgehead atoms. The van der Waals surface area contributed by atoms with Crippen LogP contribution in [0.5, 0.6) is 0 Å². The lowest BCUT2D eigenvalue weighted by atomic mass is 10.0. The molecule has 0 saturated heterocycles. The zero-order valence-corrected chi connectivity index (χ0v) is 14.7. The number of allylic oxidation sites excluding steroid dienone is 1. The molecule has 0 spiro atoms. The second-order valence-electron chi connectivity index (χ2n) is 5.82. The summed E-state index contributed by atoms with van der Waals surface area (Å²) in [6.45, 7) is 3.97. The van der Waals surface area contributed by atoms with Crippen molar-refractivity contribution in [2.75, 3.05) is 0 Å². The number of aryl methyl sites for hydroxylation is 1. The average Bonchev–Trinajstić information content (AvgIpc) is 2.87. The lowest BCUT2D eigenvalue weighted by Gasteiger charge is -2.09. The van der Waals surface area contributed by atoms with Gasteiger partial charge >= 0.3 is 0 Å². The maximum Gasteiger partial charge on any atom is 0.123 e. The molecule has 0 unspecified atom stereocenters. The zero-order valence-electron chi connectivity index (χ0n) is 13.9. The second kappa shape index (κ2) is 6.96. The van der Waals surface area contributed by atoms with Gasteiger partial charge in [-0.2, -0.15) is 5.26 Å². The van der Waals surface area contributed by atoms with Crippen LogP contribution in [0.25, 0.3) is 17.3 Å². The van der Waals surface area contributed by atoms with E-state index in [-0.39, 0.29) is 5.82 Å². The van der Waals surface area contributed by atoms with Crippen LogP contribution in [-0.2, 0) is 0 Å². The predicted octanol–water partition coefficient (Wildman–Crippen LogP) is 5.95. The standard InChI is InChI=1S/C21H16ClFN2/c1-14-10-17(11-18(13-24)16-4-3-5-19(22)12-16)15(2)25(14)21-8-6-20(23)7-9-21/h3-12H,1-2H3/b18-11-. The molecular weight excluding hydrogens is 335 g/mol. The van der Waals surface area contributed by atoms with Gasteiger partial charge < -0.3 is 4.57 Å². The zero-order chi connectivity index (χ0) is 18.0. The third-order valence-corrected chi connectivity index (χ3v) is 4.35. The SMILES string of the molecule is Cc1cc(/C=C(/C#N)c2cccc(Cl)c2)c(C)n1-c1ccc(F)cc1. The van der Waals surface area contributed by atoms with Crippen molar-refractivity contribution in [2.24, 2.45) is 0 Å². The summed E-state index contributed by atoms with van der Waals surface area (Å²) in [5.41, 5.74) is 5.15. The quantitative estimate of drug-likeness (QED) is 0.536. The van der Waals surface area contributed by atoms with Crippen LogP contribution in [0.3, 0.4) is 0 Å². The van der Waals surface area contributed by atoms with Gasteiger partial charge in [-0.3, -0.25) is 0 Å². The van der Waals surface area contributed by atoms with Crippen molar-refractivity contribution in [3.63, 3.8) is 0 Å². The first-order valence-corrected chi connectivity index (χ1v) is 8.20.